The van der Waals surface area contributed by atoms with Gasteiger partial charge in [0.15, 0.2) is 5.69 Å². The minimum absolute atomic E-state index is 0.165. The zero-order valence-electron chi connectivity index (χ0n) is 15.8. The van der Waals surface area contributed by atoms with Gasteiger partial charge in [0.25, 0.3) is 5.91 Å². The van der Waals surface area contributed by atoms with Crippen LogP contribution < -0.4 is 5.43 Å². The Bertz CT molecular complexity index is 846. The second-order valence-corrected chi connectivity index (χ2v) is 8.02. The van der Waals surface area contributed by atoms with E-state index >= 15 is 0 Å². The van der Waals surface area contributed by atoms with Crippen molar-refractivity contribution in [1.82, 2.24) is 15.6 Å². The molecule has 1 heterocycles. The quantitative estimate of drug-likeness (QED) is 0.583. The summed E-state index contributed by atoms with van der Waals surface area (Å²) < 4.78 is 0. The lowest BCUT2D eigenvalue weighted by Crippen LogP contribution is -2.28. The number of aromatic nitrogens is 2. The van der Waals surface area contributed by atoms with Gasteiger partial charge in [-0.2, -0.15) is 10.2 Å². The molecule has 3 rings (SSSR count). The van der Waals surface area contributed by atoms with Crippen LogP contribution in [0.1, 0.15) is 61.4 Å². The maximum atomic E-state index is 12.6. The number of fused-ring (bicyclic) bond motifs is 1. The number of phenolic OH excluding ortho intramolecular Hbond substituents is 1. The Morgan fingerprint density at radius 1 is 1.38 bits per heavy atom. The highest BCUT2D eigenvalue weighted by Gasteiger charge is 2.32. The number of rotatable bonds is 3. The maximum absolute atomic E-state index is 12.6. The molecule has 2 aromatic rings. The van der Waals surface area contributed by atoms with Crippen molar-refractivity contribution in [1.29, 1.82) is 0 Å². The summed E-state index contributed by atoms with van der Waals surface area (Å²) in [6.07, 6.45) is 2.88. The van der Waals surface area contributed by atoms with Gasteiger partial charge >= 0.3 is 0 Å². The summed E-state index contributed by atoms with van der Waals surface area (Å²) in [4.78, 5) is 12.6. The molecule has 6 heteroatoms. The number of carbonyl (C=O) groups is 1. The van der Waals surface area contributed by atoms with E-state index in [1.54, 1.807) is 25.1 Å². The number of phenols is 1. The standard InChI is InChI=1S/C20H26N4O2/c1-12(13-6-5-7-15(25)10-13)21-24-19(26)18-16-11-14(20(2,3)4)8-9-17(16)22-23-18/h5-7,10,14,25H,8-9,11H2,1-4H3,(H,22,23)(H,24,26)/b21-12-/t14-/m1/s1. The fraction of sp³-hybridized carbons (Fsp3) is 0.450. The summed E-state index contributed by atoms with van der Waals surface area (Å²) >= 11 is 0. The zero-order valence-corrected chi connectivity index (χ0v) is 15.8. The van der Waals surface area contributed by atoms with E-state index in [4.69, 9.17) is 0 Å². The predicted octanol–water partition coefficient (Wildman–Crippen LogP) is 3.42. The van der Waals surface area contributed by atoms with Gasteiger partial charge in [-0.15, -0.1) is 0 Å². The molecule has 1 atom stereocenters. The number of aromatic amines is 1. The van der Waals surface area contributed by atoms with Gasteiger partial charge < -0.3 is 5.11 Å². The van der Waals surface area contributed by atoms with Crippen LogP contribution in [0.2, 0.25) is 0 Å². The first-order valence-electron chi connectivity index (χ1n) is 8.96. The molecule has 1 amide bonds. The number of H-pyrrole nitrogens is 1. The van der Waals surface area contributed by atoms with Crippen molar-refractivity contribution in [3.05, 3.63) is 46.8 Å². The Labute approximate surface area is 153 Å². The Hall–Kier alpha value is -2.63. The molecule has 0 spiro atoms. The lowest BCUT2D eigenvalue weighted by atomic mass is 9.71. The maximum Gasteiger partial charge on any atom is 0.292 e. The van der Waals surface area contributed by atoms with E-state index in [1.165, 1.54) is 0 Å². The largest absolute Gasteiger partial charge is 0.508 e. The predicted molar refractivity (Wildman–Crippen MR) is 101 cm³/mol. The highest BCUT2D eigenvalue weighted by Crippen LogP contribution is 2.37. The third-order valence-electron chi connectivity index (χ3n) is 5.18. The molecule has 0 unspecified atom stereocenters. The van der Waals surface area contributed by atoms with Crippen LogP contribution in [0, 0.1) is 11.3 Å². The second kappa shape index (κ2) is 6.94. The number of amides is 1. The molecule has 0 aliphatic heterocycles. The number of nitrogens with one attached hydrogen (secondary N) is 2. The van der Waals surface area contributed by atoms with E-state index in [0.29, 0.717) is 17.3 Å². The minimum Gasteiger partial charge on any atom is -0.508 e. The first-order valence-corrected chi connectivity index (χ1v) is 8.96. The summed E-state index contributed by atoms with van der Waals surface area (Å²) in [6.45, 7) is 8.51. The molecule has 1 aromatic carbocycles. The van der Waals surface area contributed by atoms with E-state index in [1.807, 2.05) is 6.07 Å². The van der Waals surface area contributed by atoms with Gasteiger partial charge in [-0.05, 0) is 49.7 Å². The van der Waals surface area contributed by atoms with E-state index in [2.05, 4.69) is 41.5 Å². The van der Waals surface area contributed by atoms with Crippen molar-refractivity contribution in [2.75, 3.05) is 0 Å². The third-order valence-corrected chi connectivity index (χ3v) is 5.18. The van der Waals surface area contributed by atoms with Gasteiger partial charge in [0.05, 0.1) is 5.71 Å². The Morgan fingerprint density at radius 2 is 2.15 bits per heavy atom. The van der Waals surface area contributed by atoms with E-state index in [-0.39, 0.29) is 17.1 Å². The summed E-state index contributed by atoms with van der Waals surface area (Å²) in [7, 11) is 0. The van der Waals surface area contributed by atoms with Crippen LogP contribution in [0.3, 0.4) is 0 Å². The molecule has 0 bridgehead atoms. The smallest absolute Gasteiger partial charge is 0.292 e. The number of nitrogens with zero attached hydrogens (tertiary/aromatic N) is 2. The highest BCUT2D eigenvalue weighted by molar-refractivity contribution is 6.01. The monoisotopic (exact) mass is 354 g/mol. The summed E-state index contributed by atoms with van der Waals surface area (Å²) in [6, 6.07) is 6.77. The fourth-order valence-electron chi connectivity index (χ4n) is 3.41. The summed E-state index contributed by atoms with van der Waals surface area (Å²) in [5, 5.41) is 21.0. The summed E-state index contributed by atoms with van der Waals surface area (Å²) in [5.41, 5.74) is 6.67. The van der Waals surface area contributed by atoms with Gasteiger partial charge in [0.1, 0.15) is 5.75 Å². The Morgan fingerprint density at radius 3 is 2.85 bits per heavy atom. The number of hydrazone groups is 1. The molecule has 0 saturated carbocycles. The molecule has 0 saturated heterocycles. The first kappa shape index (κ1) is 18.2. The SMILES string of the molecule is C/C(=N/NC(=O)c1n[nH]c2c1C[C@H](C(C)(C)C)CC2)c1cccc(O)c1. The number of hydrogen-bond acceptors (Lipinski definition) is 4. The third kappa shape index (κ3) is 3.79. The van der Waals surface area contributed by atoms with Crippen molar-refractivity contribution < 1.29 is 9.90 Å². The van der Waals surface area contributed by atoms with Gasteiger partial charge in [-0.1, -0.05) is 32.9 Å². The first-order chi connectivity index (χ1) is 12.3. The lowest BCUT2D eigenvalue weighted by Gasteiger charge is -2.33. The van der Waals surface area contributed by atoms with Gasteiger partial charge in [0.2, 0.25) is 0 Å². The highest BCUT2D eigenvalue weighted by atomic mass is 16.3. The van der Waals surface area contributed by atoms with Gasteiger partial charge in [-0.3, -0.25) is 9.89 Å². The van der Waals surface area contributed by atoms with Crippen molar-refractivity contribution in [3.8, 4) is 5.75 Å². The Balaban J connectivity index is 1.76. The van der Waals surface area contributed by atoms with Crippen molar-refractivity contribution in [2.45, 2.75) is 47.0 Å². The second-order valence-electron chi connectivity index (χ2n) is 8.02. The van der Waals surface area contributed by atoms with E-state index in [0.717, 1.165) is 36.1 Å². The van der Waals surface area contributed by atoms with Gasteiger partial charge in [0, 0.05) is 16.8 Å². The van der Waals surface area contributed by atoms with Crippen LogP contribution >= 0.6 is 0 Å². The molecule has 1 aromatic heterocycles. The molecule has 1 aliphatic carbocycles. The molecule has 1 aliphatic rings. The van der Waals surface area contributed by atoms with Crippen LogP contribution in [0.5, 0.6) is 5.75 Å². The Kier molecular flexibility index (Phi) is 4.85. The van der Waals surface area contributed by atoms with Crippen LogP contribution in [0.15, 0.2) is 29.4 Å². The van der Waals surface area contributed by atoms with Crippen LogP contribution in [0.4, 0.5) is 0 Å². The topological polar surface area (TPSA) is 90.4 Å². The molecular formula is C20H26N4O2. The van der Waals surface area contributed by atoms with Crippen molar-refractivity contribution in [2.24, 2.45) is 16.4 Å². The van der Waals surface area contributed by atoms with Crippen molar-refractivity contribution in [3.63, 3.8) is 0 Å². The lowest BCUT2D eigenvalue weighted by molar-refractivity contribution is 0.0947. The van der Waals surface area contributed by atoms with Crippen LogP contribution in [-0.4, -0.2) is 26.9 Å². The molecule has 0 fully saturated rings. The number of aromatic hydroxyl groups is 1. The van der Waals surface area contributed by atoms with Crippen LogP contribution in [-0.2, 0) is 12.8 Å². The van der Waals surface area contributed by atoms with E-state index in [9.17, 15) is 9.90 Å². The van der Waals surface area contributed by atoms with E-state index < -0.39 is 0 Å². The molecule has 3 N–H and O–H groups in total. The number of hydrogen-bond donors (Lipinski definition) is 3. The molecule has 138 valence electrons. The number of aryl methyl sites for hydroxylation is 1. The molecular weight excluding hydrogens is 328 g/mol. The molecule has 26 heavy (non-hydrogen) atoms. The zero-order chi connectivity index (χ0) is 18.9. The number of carbonyl (C=O) groups excluding carboxylic acids is 1. The average Bonchev–Trinajstić information content (AvgIpc) is 3.02. The van der Waals surface area contributed by atoms with Gasteiger partial charge in [-0.25, -0.2) is 5.43 Å². The minimum atomic E-state index is -0.309. The fourth-order valence-corrected chi connectivity index (χ4v) is 3.41. The molecule has 0 radical (unpaired) electrons. The normalized spacial score (nSPS) is 17.7. The average molecular weight is 354 g/mol. The number of benzene rings is 1. The molecule has 6 nitrogen and oxygen atoms in total. The van der Waals surface area contributed by atoms with Crippen LogP contribution in [0.25, 0.3) is 0 Å². The summed E-state index contributed by atoms with van der Waals surface area (Å²) in [5.74, 6) is 0.381. The van der Waals surface area contributed by atoms with Crippen molar-refractivity contribution >= 4 is 11.6 Å².